The van der Waals surface area contributed by atoms with Gasteiger partial charge in [-0.2, -0.15) is 0 Å². The molecule has 1 N–H and O–H groups in total. The molecule has 2 aliphatic heterocycles. The molecular formula is C19H30N4O4S. The molecule has 3 heterocycles. The monoisotopic (exact) mass is 410 g/mol. The lowest BCUT2D eigenvalue weighted by Gasteiger charge is -2.38. The molecule has 2 saturated heterocycles. The van der Waals surface area contributed by atoms with Crippen LogP contribution in [0, 0.1) is 6.92 Å². The Morgan fingerprint density at radius 2 is 2.04 bits per heavy atom. The average molecular weight is 411 g/mol. The van der Waals surface area contributed by atoms with Crippen molar-refractivity contribution in [2.24, 2.45) is 0 Å². The van der Waals surface area contributed by atoms with Crippen LogP contribution < -0.4 is 5.32 Å². The van der Waals surface area contributed by atoms with E-state index in [1.165, 1.54) is 6.26 Å². The van der Waals surface area contributed by atoms with Crippen LogP contribution in [0.5, 0.6) is 0 Å². The number of nitrogens with zero attached hydrogens (tertiary/aromatic N) is 3. The van der Waals surface area contributed by atoms with Gasteiger partial charge in [0.1, 0.15) is 0 Å². The molecule has 1 aromatic rings. The van der Waals surface area contributed by atoms with Crippen LogP contribution in [0.15, 0.2) is 18.3 Å². The lowest BCUT2D eigenvalue weighted by molar-refractivity contribution is 0.0194. The average Bonchev–Trinajstić information content (AvgIpc) is 3.16. The quantitative estimate of drug-likeness (QED) is 0.709. The Hall–Kier alpha value is -1.55. The number of ether oxygens (including phenoxy) is 1. The van der Waals surface area contributed by atoms with Gasteiger partial charge in [0.25, 0.3) is 5.91 Å². The molecule has 0 aromatic carbocycles. The predicted octanol–water partition coefficient (Wildman–Crippen LogP) is 0.635. The molecule has 1 unspecified atom stereocenters. The zero-order valence-corrected chi connectivity index (χ0v) is 17.5. The van der Waals surface area contributed by atoms with Crippen molar-refractivity contribution in [1.82, 2.24) is 19.5 Å². The van der Waals surface area contributed by atoms with Crippen molar-refractivity contribution in [1.29, 1.82) is 0 Å². The lowest BCUT2D eigenvalue weighted by atomic mass is 10.0. The number of amides is 1. The van der Waals surface area contributed by atoms with Gasteiger partial charge in [0.2, 0.25) is 10.0 Å². The molecule has 9 heteroatoms. The van der Waals surface area contributed by atoms with E-state index in [0.29, 0.717) is 37.8 Å². The van der Waals surface area contributed by atoms with Crippen molar-refractivity contribution in [3.8, 4) is 0 Å². The second kappa shape index (κ2) is 9.30. The molecule has 8 nitrogen and oxygen atoms in total. The summed E-state index contributed by atoms with van der Waals surface area (Å²) < 4.78 is 30.8. The van der Waals surface area contributed by atoms with Crippen molar-refractivity contribution in [2.45, 2.75) is 38.3 Å². The van der Waals surface area contributed by atoms with Gasteiger partial charge in [-0.25, -0.2) is 12.7 Å². The Labute approximate surface area is 167 Å². The Bertz CT molecular complexity index is 763. The van der Waals surface area contributed by atoms with E-state index in [2.05, 4.69) is 15.2 Å². The van der Waals surface area contributed by atoms with Gasteiger partial charge >= 0.3 is 0 Å². The van der Waals surface area contributed by atoms with Crippen molar-refractivity contribution in [3.63, 3.8) is 0 Å². The van der Waals surface area contributed by atoms with Gasteiger partial charge in [0, 0.05) is 63.4 Å². The molecule has 2 aliphatic rings. The first kappa shape index (κ1) is 21.2. The minimum atomic E-state index is -3.17. The molecule has 1 amide bonds. The number of hydrogen-bond acceptors (Lipinski definition) is 6. The van der Waals surface area contributed by atoms with Crippen LogP contribution >= 0.6 is 0 Å². The van der Waals surface area contributed by atoms with Crippen LogP contribution in [0.25, 0.3) is 0 Å². The van der Waals surface area contributed by atoms with Crippen LogP contribution in [-0.4, -0.2) is 86.2 Å². The fourth-order valence-corrected chi connectivity index (χ4v) is 4.85. The third-order valence-corrected chi connectivity index (χ3v) is 6.82. The summed E-state index contributed by atoms with van der Waals surface area (Å²) in [6.07, 6.45) is 5.54. The van der Waals surface area contributed by atoms with E-state index < -0.39 is 10.0 Å². The topological polar surface area (TPSA) is 91.8 Å². The van der Waals surface area contributed by atoms with Crippen LogP contribution in [0.3, 0.4) is 0 Å². The molecule has 156 valence electrons. The minimum Gasteiger partial charge on any atom is -0.381 e. The van der Waals surface area contributed by atoms with E-state index in [-0.39, 0.29) is 11.9 Å². The summed E-state index contributed by atoms with van der Waals surface area (Å²) >= 11 is 0. The Morgan fingerprint density at radius 1 is 1.29 bits per heavy atom. The summed E-state index contributed by atoms with van der Waals surface area (Å²) in [6, 6.07) is 4.13. The molecule has 0 radical (unpaired) electrons. The molecule has 0 aliphatic carbocycles. The van der Waals surface area contributed by atoms with Crippen molar-refractivity contribution in [2.75, 3.05) is 45.6 Å². The van der Waals surface area contributed by atoms with Gasteiger partial charge in [-0.05, 0) is 38.3 Å². The molecule has 0 bridgehead atoms. The van der Waals surface area contributed by atoms with E-state index in [0.717, 1.165) is 38.2 Å². The third-order valence-electron chi connectivity index (χ3n) is 5.55. The van der Waals surface area contributed by atoms with Crippen molar-refractivity contribution >= 4 is 15.9 Å². The maximum Gasteiger partial charge on any atom is 0.252 e. The number of aromatic nitrogens is 1. The summed E-state index contributed by atoms with van der Waals surface area (Å²) in [4.78, 5) is 18.9. The highest BCUT2D eigenvalue weighted by Gasteiger charge is 2.35. The zero-order chi connectivity index (χ0) is 20.1. The van der Waals surface area contributed by atoms with Gasteiger partial charge < -0.3 is 10.1 Å². The zero-order valence-electron chi connectivity index (χ0n) is 16.6. The fraction of sp³-hybridized carbons (Fsp3) is 0.684. The number of carbonyl (C=O) groups excluding carboxylic acids is 1. The Kier molecular flexibility index (Phi) is 7.03. The summed E-state index contributed by atoms with van der Waals surface area (Å²) in [6.45, 7) is 5.62. The first-order chi connectivity index (χ1) is 13.3. The van der Waals surface area contributed by atoms with Crippen molar-refractivity contribution < 1.29 is 17.9 Å². The molecule has 2 fully saturated rings. The molecule has 0 spiro atoms. The molecule has 1 aromatic heterocycles. The normalized spacial score (nSPS) is 21.9. The van der Waals surface area contributed by atoms with Crippen LogP contribution in [0.1, 0.15) is 35.3 Å². The van der Waals surface area contributed by atoms with Crippen molar-refractivity contribution in [3.05, 3.63) is 29.6 Å². The number of aryl methyl sites for hydroxylation is 1. The molecular weight excluding hydrogens is 380 g/mol. The van der Waals surface area contributed by atoms with Gasteiger partial charge in [-0.15, -0.1) is 0 Å². The SMILES string of the molecule is Cc1ccc(C(=O)NCCN(C2CCOCC2)C2CCN(S(C)(=O)=O)C2)cn1. The Balaban J connectivity index is 1.59. The van der Waals surface area contributed by atoms with Gasteiger partial charge in [0.05, 0.1) is 11.8 Å². The second-order valence-corrected chi connectivity index (χ2v) is 9.57. The fourth-order valence-electron chi connectivity index (χ4n) is 3.97. The number of hydrogen-bond donors (Lipinski definition) is 1. The maximum absolute atomic E-state index is 12.3. The van der Waals surface area contributed by atoms with Gasteiger partial charge in [-0.3, -0.25) is 14.7 Å². The number of sulfonamides is 1. The highest BCUT2D eigenvalue weighted by Crippen LogP contribution is 2.24. The van der Waals surface area contributed by atoms with E-state index in [4.69, 9.17) is 4.74 Å². The number of carbonyl (C=O) groups is 1. The second-order valence-electron chi connectivity index (χ2n) is 7.59. The third kappa shape index (κ3) is 5.50. The number of rotatable bonds is 7. The molecule has 3 rings (SSSR count). The highest BCUT2D eigenvalue weighted by molar-refractivity contribution is 7.88. The molecule has 0 saturated carbocycles. The standard InChI is InChI=1S/C19H30N4O4S/c1-15-3-4-16(13-21-15)19(24)20-8-10-23(17-6-11-27-12-7-17)18-5-9-22(14-18)28(2,25)26/h3-4,13,17-18H,5-12,14H2,1-2H3,(H,20,24). The lowest BCUT2D eigenvalue weighted by Crippen LogP contribution is -2.50. The largest absolute Gasteiger partial charge is 0.381 e. The highest BCUT2D eigenvalue weighted by atomic mass is 32.2. The Morgan fingerprint density at radius 3 is 2.64 bits per heavy atom. The molecule has 1 atom stereocenters. The first-order valence-electron chi connectivity index (χ1n) is 9.84. The first-order valence-corrected chi connectivity index (χ1v) is 11.7. The van der Waals surface area contributed by atoms with Gasteiger partial charge in [0.15, 0.2) is 0 Å². The van der Waals surface area contributed by atoms with E-state index in [1.54, 1.807) is 16.6 Å². The minimum absolute atomic E-state index is 0.136. The summed E-state index contributed by atoms with van der Waals surface area (Å²) in [7, 11) is -3.17. The summed E-state index contributed by atoms with van der Waals surface area (Å²) in [5.41, 5.74) is 1.42. The predicted molar refractivity (Wildman–Crippen MR) is 107 cm³/mol. The van der Waals surface area contributed by atoms with E-state index in [1.807, 2.05) is 13.0 Å². The summed E-state index contributed by atoms with van der Waals surface area (Å²) in [5, 5.41) is 2.97. The smallest absolute Gasteiger partial charge is 0.252 e. The van der Waals surface area contributed by atoms with Crippen LogP contribution in [0.4, 0.5) is 0 Å². The number of pyridine rings is 1. The summed E-state index contributed by atoms with van der Waals surface area (Å²) in [5.74, 6) is -0.136. The van der Waals surface area contributed by atoms with E-state index in [9.17, 15) is 13.2 Å². The van der Waals surface area contributed by atoms with Gasteiger partial charge in [-0.1, -0.05) is 0 Å². The van der Waals surface area contributed by atoms with Crippen LogP contribution in [0.2, 0.25) is 0 Å². The molecule has 28 heavy (non-hydrogen) atoms. The van der Waals surface area contributed by atoms with E-state index >= 15 is 0 Å². The maximum atomic E-state index is 12.3. The van der Waals surface area contributed by atoms with Crippen LogP contribution in [-0.2, 0) is 14.8 Å². The number of nitrogens with one attached hydrogen (secondary N) is 1.